The van der Waals surface area contributed by atoms with Crippen LogP contribution in [-0.4, -0.2) is 42.3 Å². The van der Waals surface area contributed by atoms with Gasteiger partial charge in [-0.3, -0.25) is 14.9 Å². The molecule has 0 saturated carbocycles. The van der Waals surface area contributed by atoms with Crippen LogP contribution in [-0.2, 0) is 0 Å². The number of carbonyl (C=O) groups excluding carboxylic acids is 1. The van der Waals surface area contributed by atoms with Gasteiger partial charge in [0.15, 0.2) is 0 Å². The fraction of sp³-hybridized carbons (Fsp3) is 0.364. The van der Waals surface area contributed by atoms with E-state index in [-0.39, 0.29) is 6.54 Å². The molecule has 1 unspecified atom stereocenters. The molecule has 0 amide bonds. The van der Waals surface area contributed by atoms with Crippen LogP contribution in [0, 0.1) is 10.1 Å². The number of nitrogens with zero attached hydrogens (tertiary/aromatic N) is 2. The van der Waals surface area contributed by atoms with Crippen LogP contribution >= 0.6 is 0 Å². The molecule has 0 bridgehead atoms. The van der Waals surface area contributed by atoms with E-state index in [1.807, 2.05) is 0 Å². The van der Waals surface area contributed by atoms with Gasteiger partial charge in [0, 0.05) is 10.5 Å². The number of hydrogen-bond acceptors (Lipinski definition) is 4. The van der Waals surface area contributed by atoms with Crippen molar-refractivity contribution in [3.8, 4) is 0 Å². The van der Waals surface area contributed by atoms with Crippen molar-refractivity contribution in [1.29, 1.82) is 0 Å². The van der Waals surface area contributed by atoms with Gasteiger partial charge >= 0.3 is 0 Å². The predicted molar refractivity (Wildman–Crippen MR) is 60.1 cm³/mol. The largest absolute Gasteiger partial charge is 0.303 e. The average Bonchev–Trinajstić information content (AvgIpc) is 2.25. The minimum absolute atomic E-state index is 0.112. The molecule has 5 nitrogen and oxygen atoms in total. The van der Waals surface area contributed by atoms with Crippen LogP contribution < -0.4 is 0 Å². The van der Waals surface area contributed by atoms with E-state index in [2.05, 4.69) is 0 Å². The number of hydrogen-bond donors (Lipinski definition) is 0. The van der Waals surface area contributed by atoms with Crippen LogP contribution in [0.2, 0.25) is 0 Å². The van der Waals surface area contributed by atoms with Crippen molar-refractivity contribution in [2.24, 2.45) is 0 Å². The molecule has 1 aromatic rings. The summed E-state index contributed by atoms with van der Waals surface area (Å²) in [4.78, 5) is 23.8. The molecule has 86 valence electrons. The molecular formula is C11H14N2O3. The summed E-state index contributed by atoms with van der Waals surface area (Å²) >= 11 is 0. The lowest BCUT2D eigenvalue weighted by molar-refractivity contribution is -0.505. The summed E-state index contributed by atoms with van der Waals surface area (Å²) in [5, 5.41) is 10.8. The first-order valence-corrected chi connectivity index (χ1v) is 4.90. The lowest BCUT2D eigenvalue weighted by atomic mass is 10.0. The highest BCUT2D eigenvalue weighted by Crippen LogP contribution is 2.06. The van der Waals surface area contributed by atoms with Crippen molar-refractivity contribution in [3.05, 3.63) is 46.0 Å². The van der Waals surface area contributed by atoms with Crippen molar-refractivity contribution in [1.82, 2.24) is 4.90 Å². The molecule has 0 saturated heterocycles. The zero-order valence-electron chi connectivity index (χ0n) is 9.29. The maximum Gasteiger partial charge on any atom is 0.287 e. The van der Waals surface area contributed by atoms with Gasteiger partial charge in [0.2, 0.25) is 5.78 Å². The van der Waals surface area contributed by atoms with Crippen molar-refractivity contribution in [3.63, 3.8) is 0 Å². The van der Waals surface area contributed by atoms with Gasteiger partial charge in [0.25, 0.3) is 6.04 Å². The molecule has 1 atom stereocenters. The standard InChI is InChI=1S/C11H14N2O3/c1-12(2)8-10(13(15)16)11(14)9-6-4-3-5-7-9/h3-7,10H,8H2,1-2H3. The highest BCUT2D eigenvalue weighted by Gasteiger charge is 2.30. The highest BCUT2D eigenvalue weighted by molar-refractivity contribution is 5.99. The minimum atomic E-state index is -1.20. The van der Waals surface area contributed by atoms with Gasteiger partial charge in [-0.15, -0.1) is 0 Å². The number of likely N-dealkylation sites (N-methyl/N-ethyl adjacent to an activating group) is 1. The van der Waals surface area contributed by atoms with Crippen LogP contribution in [0.4, 0.5) is 0 Å². The molecule has 0 radical (unpaired) electrons. The number of benzene rings is 1. The Morgan fingerprint density at radius 2 is 1.94 bits per heavy atom. The smallest absolute Gasteiger partial charge is 0.287 e. The summed E-state index contributed by atoms with van der Waals surface area (Å²) in [7, 11) is 3.41. The first kappa shape index (κ1) is 12.3. The van der Waals surface area contributed by atoms with Crippen molar-refractivity contribution in [2.45, 2.75) is 6.04 Å². The average molecular weight is 222 g/mol. The molecule has 0 spiro atoms. The topological polar surface area (TPSA) is 63.5 Å². The Bertz CT molecular complexity index is 376. The van der Waals surface area contributed by atoms with Crippen LogP contribution in [0.1, 0.15) is 10.4 Å². The lowest BCUT2D eigenvalue weighted by Gasteiger charge is -2.13. The van der Waals surface area contributed by atoms with Gasteiger partial charge in [0.1, 0.15) is 0 Å². The minimum Gasteiger partial charge on any atom is -0.303 e. The summed E-state index contributed by atoms with van der Waals surface area (Å²) < 4.78 is 0. The van der Waals surface area contributed by atoms with Crippen molar-refractivity contribution < 1.29 is 9.72 Å². The molecule has 0 heterocycles. The van der Waals surface area contributed by atoms with Gasteiger partial charge in [-0.2, -0.15) is 0 Å². The Hall–Kier alpha value is -1.75. The second kappa shape index (κ2) is 5.37. The molecule has 0 aliphatic rings. The van der Waals surface area contributed by atoms with E-state index in [9.17, 15) is 14.9 Å². The normalized spacial score (nSPS) is 12.4. The number of nitro groups is 1. The third-order valence-electron chi connectivity index (χ3n) is 2.15. The predicted octanol–water partition coefficient (Wildman–Crippen LogP) is 1.08. The first-order chi connectivity index (χ1) is 7.52. The number of ketones is 1. The fourth-order valence-corrected chi connectivity index (χ4v) is 1.39. The molecule has 0 fully saturated rings. The Kier molecular flexibility index (Phi) is 4.13. The molecule has 5 heteroatoms. The van der Waals surface area contributed by atoms with Crippen molar-refractivity contribution in [2.75, 3.05) is 20.6 Å². The molecule has 0 aliphatic heterocycles. The summed E-state index contributed by atoms with van der Waals surface area (Å²) in [6.07, 6.45) is 0. The maximum atomic E-state index is 11.9. The Morgan fingerprint density at radius 1 is 1.38 bits per heavy atom. The van der Waals surface area contributed by atoms with Gasteiger partial charge in [-0.05, 0) is 14.1 Å². The van der Waals surface area contributed by atoms with Gasteiger partial charge in [-0.1, -0.05) is 30.3 Å². The van der Waals surface area contributed by atoms with E-state index >= 15 is 0 Å². The van der Waals surface area contributed by atoms with E-state index in [0.717, 1.165) is 0 Å². The van der Waals surface area contributed by atoms with Crippen LogP contribution in [0.5, 0.6) is 0 Å². The quantitative estimate of drug-likeness (QED) is 0.425. The molecule has 0 aliphatic carbocycles. The van der Waals surface area contributed by atoms with E-state index in [4.69, 9.17) is 0 Å². The molecule has 16 heavy (non-hydrogen) atoms. The molecule has 1 aromatic carbocycles. The first-order valence-electron chi connectivity index (χ1n) is 4.90. The Labute approximate surface area is 93.8 Å². The van der Waals surface area contributed by atoms with Gasteiger partial charge in [-0.25, -0.2) is 0 Å². The summed E-state index contributed by atoms with van der Waals surface area (Å²) in [6, 6.07) is 7.14. The molecule has 1 rings (SSSR count). The summed E-state index contributed by atoms with van der Waals surface area (Å²) in [5.41, 5.74) is 0.381. The van der Waals surface area contributed by atoms with Crippen LogP contribution in [0.3, 0.4) is 0 Å². The van der Waals surface area contributed by atoms with Gasteiger partial charge < -0.3 is 4.90 Å². The Balaban J connectivity index is 2.88. The summed E-state index contributed by atoms with van der Waals surface area (Å²) in [6.45, 7) is 0.112. The second-order valence-electron chi connectivity index (χ2n) is 3.79. The Morgan fingerprint density at radius 3 is 2.38 bits per heavy atom. The molecule has 0 aromatic heterocycles. The SMILES string of the molecule is CN(C)CC(C(=O)c1ccccc1)[N+](=O)[O-]. The van der Waals surface area contributed by atoms with E-state index in [1.54, 1.807) is 49.3 Å². The number of rotatable bonds is 5. The third kappa shape index (κ3) is 3.13. The number of carbonyl (C=O) groups is 1. The van der Waals surface area contributed by atoms with E-state index in [1.165, 1.54) is 0 Å². The lowest BCUT2D eigenvalue weighted by Crippen LogP contribution is -2.39. The maximum absolute atomic E-state index is 11.9. The zero-order valence-corrected chi connectivity index (χ0v) is 9.29. The van der Waals surface area contributed by atoms with Crippen LogP contribution in [0.15, 0.2) is 30.3 Å². The third-order valence-corrected chi connectivity index (χ3v) is 2.15. The van der Waals surface area contributed by atoms with Crippen LogP contribution in [0.25, 0.3) is 0 Å². The van der Waals surface area contributed by atoms with Crippen molar-refractivity contribution >= 4 is 5.78 Å². The van der Waals surface area contributed by atoms with Gasteiger partial charge in [0.05, 0.1) is 6.54 Å². The van der Waals surface area contributed by atoms with E-state index < -0.39 is 16.7 Å². The summed E-state index contributed by atoms with van der Waals surface area (Å²) in [5.74, 6) is -0.445. The monoisotopic (exact) mass is 222 g/mol. The molecule has 0 N–H and O–H groups in total. The second-order valence-corrected chi connectivity index (χ2v) is 3.79. The highest BCUT2D eigenvalue weighted by atomic mass is 16.6. The zero-order chi connectivity index (χ0) is 12.1. The fourth-order valence-electron chi connectivity index (χ4n) is 1.39. The van der Waals surface area contributed by atoms with E-state index in [0.29, 0.717) is 5.56 Å². The molecular weight excluding hydrogens is 208 g/mol. The number of Topliss-reactive ketones (excluding diaryl/α,β-unsaturated/α-hetero) is 1.